The minimum atomic E-state index is -0.520. The number of nitrogens with zero attached hydrogens (tertiary/aromatic N) is 1. The number of carbonyl (C=O) groups is 2. The largest absolute Gasteiger partial charge is 0.465 e. The summed E-state index contributed by atoms with van der Waals surface area (Å²) in [5, 5.41) is 5.87. The van der Waals surface area contributed by atoms with Gasteiger partial charge in [-0.3, -0.25) is 4.79 Å². The summed E-state index contributed by atoms with van der Waals surface area (Å²) in [6.07, 6.45) is 0.853. The fourth-order valence-corrected chi connectivity index (χ4v) is 5.72. The molecular weight excluding hydrogens is 522 g/mol. The fourth-order valence-electron chi connectivity index (χ4n) is 3.49. The highest BCUT2D eigenvalue weighted by molar-refractivity contribution is 9.10. The molecule has 0 atom stereocenters. The van der Waals surface area contributed by atoms with Gasteiger partial charge in [-0.2, -0.15) is 0 Å². The first-order valence-electron chi connectivity index (χ1n) is 10.2. The molecule has 0 radical (unpaired) electrons. The Bertz CT molecular complexity index is 1340. The highest BCUT2D eigenvalue weighted by Crippen LogP contribution is 2.38. The second-order valence-electron chi connectivity index (χ2n) is 7.90. The van der Waals surface area contributed by atoms with E-state index in [4.69, 9.17) is 10.5 Å². The number of thiophene rings is 2. The molecule has 0 saturated heterocycles. The Balaban J connectivity index is 1.68. The molecule has 0 fully saturated rings. The van der Waals surface area contributed by atoms with Crippen LogP contribution in [0.15, 0.2) is 46.3 Å². The SMILES string of the molecule is COC(=O)c1c(-c2ccc(Br)cc2)csc1NC(=O)c1sc2nc(CC(C)C)ccc2c1N. The number of anilines is 2. The smallest absolute Gasteiger partial charge is 0.341 e. The van der Waals surface area contributed by atoms with Crippen LogP contribution in [0.5, 0.6) is 0 Å². The lowest BCUT2D eigenvalue weighted by Gasteiger charge is -2.08. The molecule has 0 aliphatic carbocycles. The van der Waals surface area contributed by atoms with E-state index in [0.29, 0.717) is 32.6 Å². The van der Waals surface area contributed by atoms with E-state index in [-0.39, 0.29) is 5.91 Å². The van der Waals surface area contributed by atoms with Crippen LogP contribution in [0.2, 0.25) is 0 Å². The van der Waals surface area contributed by atoms with Crippen molar-refractivity contribution in [2.24, 2.45) is 5.92 Å². The van der Waals surface area contributed by atoms with Crippen LogP contribution < -0.4 is 11.1 Å². The summed E-state index contributed by atoms with van der Waals surface area (Å²) in [7, 11) is 1.32. The van der Waals surface area contributed by atoms with Gasteiger partial charge in [-0.05, 0) is 42.2 Å². The van der Waals surface area contributed by atoms with E-state index in [1.165, 1.54) is 29.8 Å². The zero-order chi connectivity index (χ0) is 23.7. The highest BCUT2D eigenvalue weighted by Gasteiger charge is 2.25. The molecule has 0 aliphatic rings. The minimum absolute atomic E-state index is 0.315. The average Bonchev–Trinajstić information content (AvgIpc) is 3.34. The molecule has 3 N–H and O–H groups in total. The Morgan fingerprint density at radius 1 is 1.18 bits per heavy atom. The standard InChI is InChI=1S/C24H22BrN3O3S2/c1-12(2)10-15-8-9-16-19(26)20(33-22(16)27-15)21(29)28-23-18(24(30)31-3)17(11-32-23)13-4-6-14(25)7-5-13/h4-9,11-12H,10,26H2,1-3H3,(H,28,29). The molecule has 9 heteroatoms. The quantitative estimate of drug-likeness (QED) is 0.267. The average molecular weight is 544 g/mol. The number of aromatic nitrogens is 1. The van der Waals surface area contributed by atoms with Gasteiger partial charge in [0.05, 0.1) is 12.8 Å². The molecule has 0 aliphatic heterocycles. The molecular formula is C24H22BrN3O3S2. The van der Waals surface area contributed by atoms with E-state index < -0.39 is 5.97 Å². The number of amides is 1. The zero-order valence-corrected chi connectivity index (χ0v) is 21.5. The second-order valence-corrected chi connectivity index (χ2v) is 10.7. The summed E-state index contributed by atoms with van der Waals surface area (Å²) in [6.45, 7) is 4.27. The molecule has 4 aromatic rings. The topological polar surface area (TPSA) is 94.3 Å². The van der Waals surface area contributed by atoms with Gasteiger partial charge in [0.25, 0.3) is 5.91 Å². The van der Waals surface area contributed by atoms with E-state index in [1.807, 2.05) is 41.8 Å². The van der Waals surface area contributed by atoms with Crippen LogP contribution >= 0.6 is 38.6 Å². The van der Waals surface area contributed by atoms with E-state index in [1.54, 1.807) is 0 Å². The normalized spacial score (nSPS) is 11.2. The van der Waals surface area contributed by atoms with Gasteiger partial charge in [-0.1, -0.05) is 41.9 Å². The summed E-state index contributed by atoms with van der Waals surface area (Å²) in [5.74, 6) is -0.422. The Morgan fingerprint density at radius 2 is 1.91 bits per heavy atom. The van der Waals surface area contributed by atoms with Crippen LogP contribution in [-0.2, 0) is 11.2 Å². The van der Waals surface area contributed by atoms with Gasteiger partial charge in [0, 0.05) is 26.5 Å². The molecule has 170 valence electrons. The number of nitrogens with two attached hydrogens (primary N) is 1. The van der Waals surface area contributed by atoms with Crippen molar-refractivity contribution >= 4 is 71.4 Å². The van der Waals surface area contributed by atoms with Gasteiger partial charge in [-0.25, -0.2) is 9.78 Å². The molecule has 0 bridgehead atoms. The van der Waals surface area contributed by atoms with Crippen LogP contribution in [0.25, 0.3) is 21.3 Å². The number of methoxy groups -OCH3 is 1. The predicted molar refractivity (Wildman–Crippen MR) is 139 cm³/mol. The highest BCUT2D eigenvalue weighted by atomic mass is 79.9. The van der Waals surface area contributed by atoms with Gasteiger partial charge < -0.3 is 15.8 Å². The van der Waals surface area contributed by atoms with Crippen molar-refractivity contribution in [3.63, 3.8) is 0 Å². The lowest BCUT2D eigenvalue weighted by Crippen LogP contribution is -2.14. The number of rotatable bonds is 6. The second kappa shape index (κ2) is 9.62. The first kappa shape index (κ1) is 23.4. The molecule has 1 aromatic carbocycles. The molecule has 1 amide bonds. The van der Waals surface area contributed by atoms with Gasteiger partial charge in [0.2, 0.25) is 0 Å². The van der Waals surface area contributed by atoms with Crippen LogP contribution in [0.4, 0.5) is 10.7 Å². The number of nitrogens with one attached hydrogen (secondary N) is 1. The molecule has 6 nitrogen and oxygen atoms in total. The number of fused-ring (bicyclic) bond motifs is 1. The molecule has 3 aromatic heterocycles. The number of ether oxygens (including phenoxy) is 1. The lowest BCUT2D eigenvalue weighted by atomic mass is 10.0. The predicted octanol–water partition coefficient (Wildman–Crippen LogP) is 6.61. The number of esters is 1. The number of pyridine rings is 1. The van der Waals surface area contributed by atoms with Crippen molar-refractivity contribution in [3.8, 4) is 11.1 Å². The van der Waals surface area contributed by atoms with Crippen molar-refractivity contribution in [1.82, 2.24) is 4.98 Å². The first-order chi connectivity index (χ1) is 15.8. The Labute approximate surface area is 207 Å². The summed E-state index contributed by atoms with van der Waals surface area (Å²) in [6, 6.07) is 11.4. The number of halogens is 1. The molecule has 0 spiro atoms. The third-order valence-corrected chi connectivity index (χ3v) is 7.58. The van der Waals surface area contributed by atoms with Gasteiger partial charge >= 0.3 is 5.97 Å². The minimum Gasteiger partial charge on any atom is -0.465 e. The van der Waals surface area contributed by atoms with Crippen molar-refractivity contribution in [2.45, 2.75) is 20.3 Å². The molecule has 0 saturated carbocycles. The van der Waals surface area contributed by atoms with Gasteiger partial charge in [0.1, 0.15) is 20.3 Å². The summed E-state index contributed by atoms with van der Waals surface area (Å²) >= 11 is 5.94. The maximum Gasteiger partial charge on any atom is 0.341 e. The van der Waals surface area contributed by atoms with Crippen molar-refractivity contribution in [1.29, 1.82) is 0 Å². The third-order valence-electron chi connectivity index (χ3n) is 5.04. The van der Waals surface area contributed by atoms with E-state index in [9.17, 15) is 9.59 Å². The Morgan fingerprint density at radius 3 is 2.58 bits per heavy atom. The molecule has 0 unspecified atom stereocenters. The number of carbonyl (C=O) groups excluding carboxylic acids is 2. The van der Waals surface area contributed by atoms with Crippen LogP contribution in [-0.4, -0.2) is 24.0 Å². The summed E-state index contributed by atoms with van der Waals surface area (Å²) < 4.78 is 5.93. The zero-order valence-electron chi connectivity index (χ0n) is 18.3. The van der Waals surface area contributed by atoms with Crippen molar-refractivity contribution in [3.05, 3.63) is 62.4 Å². The summed E-state index contributed by atoms with van der Waals surface area (Å²) in [4.78, 5) is 31.5. The van der Waals surface area contributed by atoms with E-state index >= 15 is 0 Å². The number of benzene rings is 1. The van der Waals surface area contributed by atoms with Crippen LogP contribution in [0.3, 0.4) is 0 Å². The number of hydrogen-bond donors (Lipinski definition) is 2. The Hall–Kier alpha value is -2.75. The number of hydrogen-bond acceptors (Lipinski definition) is 7. The lowest BCUT2D eigenvalue weighted by molar-refractivity contribution is 0.0603. The third kappa shape index (κ3) is 4.80. The van der Waals surface area contributed by atoms with Crippen molar-refractivity contribution < 1.29 is 14.3 Å². The van der Waals surface area contributed by atoms with Gasteiger partial charge in [0.15, 0.2) is 0 Å². The maximum atomic E-state index is 13.2. The molecule has 33 heavy (non-hydrogen) atoms. The number of nitrogen functional groups attached to an aromatic ring is 1. The Kier molecular flexibility index (Phi) is 6.83. The monoisotopic (exact) mass is 543 g/mol. The van der Waals surface area contributed by atoms with E-state index in [2.05, 4.69) is 40.1 Å². The summed E-state index contributed by atoms with van der Waals surface area (Å²) in [5.41, 5.74) is 9.51. The van der Waals surface area contributed by atoms with Gasteiger partial charge in [-0.15, -0.1) is 22.7 Å². The van der Waals surface area contributed by atoms with Crippen LogP contribution in [0, 0.1) is 5.92 Å². The van der Waals surface area contributed by atoms with Crippen LogP contribution in [0.1, 0.15) is 39.6 Å². The first-order valence-corrected chi connectivity index (χ1v) is 12.7. The van der Waals surface area contributed by atoms with Crippen molar-refractivity contribution in [2.75, 3.05) is 18.2 Å². The van der Waals surface area contributed by atoms with E-state index in [0.717, 1.165) is 32.4 Å². The fraction of sp³-hybridized carbons (Fsp3) is 0.208. The molecule has 3 heterocycles. The maximum absolute atomic E-state index is 13.2. The molecule has 4 rings (SSSR count).